The minimum atomic E-state index is -0.426. The second-order valence-corrected chi connectivity index (χ2v) is 14.3. The number of ether oxygens (including phenoxy) is 9. The molecule has 0 N–H and O–H groups in total. The molecule has 3 aromatic rings. The Labute approximate surface area is 293 Å². The van der Waals surface area contributed by atoms with Gasteiger partial charge in [-0.25, -0.2) is 0 Å². The summed E-state index contributed by atoms with van der Waals surface area (Å²) >= 11 is 0. The van der Waals surface area contributed by atoms with Crippen molar-refractivity contribution < 1.29 is 42.6 Å². The second-order valence-electron chi connectivity index (χ2n) is 14.3. The number of methoxy groups -OCH3 is 1. The van der Waals surface area contributed by atoms with Crippen LogP contribution in [0.5, 0.6) is 5.75 Å². The van der Waals surface area contributed by atoms with Crippen molar-refractivity contribution in [3.05, 3.63) is 102 Å². The standard InChI is InChI=1S/C41H46O9/c1-42-29-16-14-27(15-17-29)41-45-24-37-31(50-41)11-6-10-30-32(47-37)18-19-33-35(46-30)22-36-39(49-33)40(38-34(48-36)9-4-5-20-43-38)44-23-25-12-13-26-7-2-3-8-28(26)21-25/h2-5,7-8,12-19,21,30-41H,6,9-11,20,22-24H2,1H3/t30-,31+,32+,33-,34+,35+,36-,37-,38+,39-,40-,41-/m1/s1. The van der Waals surface area contributed by atoms with Crippen molar-refractivity contribution in [1.82, 2.24) is 0 Å². The average molecular weight is 683 g/mol. The molecule has 0 amide bonds. The van der Waals surface area contributed by atoms with Crippen LogP contribution in [0.1, 0.15) is 49.5 Å². The van der Waals surface area contributed by atoms with E-state index in [0.29, 0.717) is 26.2 Å². The van der Waals surface area contributed by atoms with Crippen LogP contribution in [0.3, 0.4) is 0 Å². The van der Waals surface area contributed by atoms with E-state index in [1.807, 2.05) is 24.3 Å². The van der Waals surface area contributed by atoms with E-state index in [1.54, 1.807) is 7.11 Å². The molecule has 0 aliphatic carbocycles. The molecule has 6 heterocycles. The van der Waals surface area contributed by atoms with E-state index in [9.17, 15) is 0 Å². The van der Waals surface area contributed by atoms with E-state index in [4.69, 9.17) is 42.6 Å². The molecule has 4 saturated heterocycles. The van der Waals surface area contributed by atoms with Crippen LogP contribution in [0.25, 0.3) is 10.8 Å². The molecule has 6 aliphatic rings. The Morgan fingerprint density at radius 2 is 1.50 bits per heavy atom. The summed E-state index contributed by atoms with van der Waals surface area (Å²) in [5.41, 5.74) is 2.10. The molecule has 0 aromatic heterocycles. The number of fused-ring (bicyclic) bond motifs is 6. The van der Waals surface area contributed by atoms with Gasteiger partial charge < -0.3 is 42.6 Å². The number of rotatable bonds is 5. The van der Waals surface area contributed by atoms with Gasteiger partial charge in [-0.15, -0.1) is 0 Å². The molecular weight excluding hydrogens is 636 g/mol. The first kappa shape index (κ1) is 32.8. The Bertz CT molecular complexity index is 1670. The first-order chi connectivity index (χ1) is 24.7. The Balaban J connectivity index is 0.901. The lowest BCUT2D eigenvalue weighted by molar-refractivity contribution is -0.300. The van der Waals surface area contributed by atoms with Crippen LogP contribution in [0.4, 0.5) is 0 Å². The lowest BCUT2D eigenvalue weighted by Crippen LogP contribution is -2.64. The molecular formula is C41H46O9. The van der Waals surface area contributed by atoms with Crippen LogP contribution >= 0.6 is 0 Å². The number of benzene rings is 3. The topological polar surface area (TPSA) is 83.1 Å². The summed E-state index contributed by atoms with van der Waals surface area (Å²) in [5.74, 6) is 0.807. The quantitative estimate of drug-likeness (QED) is 0.285. The zero-order valence-corrected chi connectivity index (χ0v) is 28.4. The highest BCUT2D eigenvalue weighted by molar-refractivity contribution is 5.82. The van der Waals surface area contributed by atoms with Crippen LogP contribution in [0, 0.1) is 0 Å². The molecule has 9 rings (SSSR count). The molecule has 9 heteroatoms. The van der Waals surface area contributed by atoms with Gasteiger partial charge in [0.15, 0.2) is 6.29 Å². The summed E-state index contributed by atoms with van der Waals surface area (Å²) in [7, 11) is 1.67. The molecule has 12 atom stereocenters. The van der Waals surface area contributed by atoms with Crippen LogP contribution in [0.15, 0.2) is 91.0 Å². The molecule has 0 unspecified atom stereocenters. The summed E-state index contributed by atoms with van der Waals surface area (Å²) in [5, 5.41) is 2.42. The maximum absolute atomic E-state index is 6.91. The van der Waals surface area contributed by atoms with Crippen molar-refractivity contribution in [3.63, 3.8) is 0 Å². The Morgan fingerprint density at radius 3 is 2.38 bits per heavy atom. The summed E-state index contributed by atoms with van der Waals surface area (Å²) in [4.78, 5) is 0. The average Bonchev–Trinajstić information content (AvgIpc) is 3.48. The van der Waals surface area contributed by atoms with Crippen LogP contribution in [-0.2, 0) is 44.5 Å². The van der Waals surface area contributed by atoms with Gasteiger partial charge in [0.2, 0.25) is 0 Å². The SMILES string of the molecule is COc1ccc([C@@H]2OC[C@H]3O[C@H]4C=C[C@H]5O[C@H]6[C@H](OCc7ccc8ccccc8c7)[C@H]7OCC=CC[C@@H]7O[C@@H]6C[C@@H]5O[C@@H]4CCC[C@@H]3O2)cc1. The fourth-order valence-electron chi connectivity index (χ4n) is 8.47. The second kappa shape index (κ2) is 14.5. The lowest BCUT2D eigenvalue weighted by Gasteiger charge is -2.50. The third-order valence-corrected chi connectivity index (χ3v) is 11.1. The first-order valence-electron chi connectivity index (χ1n) is 18.3. The molecule has 3 aromatic carbocycles. The zero-order chi connectivity index (χ0) is 33.4. The van der Waals surface area contributed by atoms with Gasteiger partial charge in [0.25, 0.3) is 0 Å². The predicted octanol–water partition coefficient (Wildman–Crippen LogP) is 6.38. The molecule has 4 fully saturated rings. The van der Waals surface area contributed by atoms with E-state index in [-0.39, 0.29) is 67.1 Å². The van der Waals surface area contributed by atoms with Crippen molar-refractivity contribution in [1.29, 1.82) is 0 Å². The van der Waals surface area contributed by atoms with Crippen molar-refractivity contribution in [2.24, 2.45) is 0 Å². The first-order valence-corrected chi connectivity index (χ1v) is 18.3. The van der Waals surface area contributed by atoms with E-state index in [2.05, 4.69) is 66.8 Å². The van der Waals surface area contributed by atoms with Gasteiger partial charge in [0.1, 0.15) is 42.4 Å². The fourth-order valence-corrected chi connectivity index (χ4v) is 8.47. The largest absolute Gasteiger partial charge is 0.497 e. The third kappa shape index (κ3) is 6.66. The van der Waals surface area contributed by atoms with Gasteiger partial charge >= 0.3 is 0 Å². The van der Waals surface area contributed by atoms with Gasteiger partial charge in [0.05, 0.1) is 57.5 Å². The smallest absolute Gasteiger partial charge is 0.184 e. The third-order valence-electron chi connectivity index (χ3n) is 11.1. The molecule has 50 heavy (non-hydrogen) atoms. The van der Waals surface area contributed by atoms with Crippen LogP contribution in [0.2, 0.25) is 0 Å². The Hall–Kier alpha value is -3.12. The molecule has 6 aliphatic heterocycles. The monoisotopic (exact) mass is 682 g/mol. The highest BCUT2D eigenvalue weighted by atomic mass is 16.7. The van der Waals surface area contributed by atoms with E-state index >= 15 is 0 Å². The predicted molar refractivity (Wildman–Crippen MR) is 185 cm³/mol. The van der Waals surface area contributed by atoms with E-state index < -0.39 is 6.29 Å². The minimum Gasteiger partial charge on any atom is -0.497 e. The summed E-state index contributed by atoms with van der Waals surface area (Å²) in [6.07, 6.45) is 10.2. The fraction of sp³-hybridized carbons (Fsp3) is 0.512. The summed E-state index contributed by atoms with van der Waals surface area (Å²) < 4.78 is 58.4. The molecule has 0 saturated carbocycles. The number of hydrogen-bond donors (Lipinski definition) is 0. The lowest BCUT2D eigenvalue weighted by atomic mass is 9.87. The van der Waals surface area contributed by atoms with Crippen molar-refractivity contribution in [2.45, 2.75) is 112 Å². The van der Waals surface area contributed by atoms with Crippen LogP contribution in [-0.4, -0.2) is 87.5 Å². The molecule has 0 bridgehead atoms. The van der Waals surface area contributed by atoms with Gasteiger partial charge in [-0.1, -0.05) is 72.8 Å². The molecule has 0 spiro atoms. The summed E-state index contributed by atoms with van der Waals surface area (Å²) in [6, 6.07) is 22.8. The number of hydrogen-bond acceptors (Lipinski definition) is 9. The van der Waals surface area contributed by atoms with Crippen molar-refractivity contribution in [3.8, 4) is 5.75 Å². The van der Waals surface area contributed by atoms with Gasteiger partial charge in [-0.3, -0.25) is 0 Å². The van der Waals surface area contributed by atoms with Gasteiger partial charge in [-0.2, -0.15) is 0 Å². The molecule has 264 valence electrons. The van der Waals surface area contributed by atoms with Crippen molar-refractivity contribution in [2.75, 3.05) is 20.3 Å². The van der Waals surface area contributed by atoms with Crippen LogP contribution < -0.4 is 4.74 Å². The molecule has 9 nitrogen and oxygen atoms in total. The zero-order valence-electron chi connectivity index (χ0n) is 28.4. The van der Waals surface area contributed by atoms with Gasteiger partial charge in [-0.05, 0) is 60.2 Å². The summed E-state index contributed by atoms with van der Waals surface area (Å²) in [6.45, 7) is 1.45. The normalized spacial score (nSPS) is 38.2. The minimum absolute atomic E-state index is 0.0646. The van der Waals surface area contributed by atoms with Crippen molar-refractivity contribution >= 4 is 10.8 Å². The van der Waals surface area contributed by atoms with E-state index in [1.165, 1.54) is 10.8 Å². The Kier molecular flexibility index (Phi) is 9.49. The maximum Gasteiger partial charge on any atom is 0.184 e. The highest BCUT2D eigenvalue weighted by Crippen LogP contribution is 2.41. The molecule has 0 radical (unpaired) electrons. The van der Waals surface area contributed by atoms with E-state index in [0.717, 1.165) is 42.6 Å². The van der Waals surface area contributed by atoms with Gasteiger partial charge in [0, 0.05) is 12.0 Å². The highest BCUT2D eigenvalue weighted by Gasteiger charge is 2.53. The Morgan fingerprint density at radius 1 is 0.680 bits per heavy atom. The maximum atomic E-state index is 6.91.